The topological polar surface area (TPSA) is 53.7 Å². The average molecular weight is 227 g/mol. The van der Waals surface area contributed by atoms with Gasteiger partial charge < -0.3 is 19.9 Å². The van der Waals surface area contributed by atoms with Gasteiger partial charge in [0.1, 0.15) is 19.0 Å². The molecule has 0 amide bonds. The number of ether oxygens (including phenoxy) is 3. The minimum absolute atomic E-state index is 0.163. The van der Waals surface area contributed by atoms with Crippen LogP contribution in [0, 0.1) is 5.82 Å². The van der Waals surface area contributed by atoms with Crippen LogP contribution in [0.5, 0.6) is 17.2 Å². The van der Waals surface area contributed by atoms with Crippen molar-refractivity contribution in [3.63, 3.8) is 0 Å². The van der Waals surface area contributed by atoms with Crippen LogP contribution >= 0.6 is 0 Å². The van der Waals surface area contributed by atoms with Crippen LogP contribution in [-0.4, -0.2) is 26.9 Å². The number of benzene rings is 1. The number of hydrogen-bond acceptors (Lipinski definition) is 4. The van der Waals surface area contributed by atoms with Crippen LogP contribution in [-0.2, 0) is 6.42 Å². The van der Waals surface area contributed by atoms with E-state index in [2.05, 4.69) is 0 Å². The molecular weight excluding hydrogens is 213 g/mol. The monoisotopic (exact) mass is 227 g/mol. The molecule has 0 fully saturated rings. The Morgan fingerprint density at radius 2 is 2.19 bits per heavy atom. The van der Waals surface area contributed by atoms with E-state index in [-0.39, 0.29) is 5.75 Å². The molecule has 0 atom stereocenters. The van der Waals surface area contributed by atoms with E-state index in [1.165, 1.54) is 7.11 Å². The largest absolute Gasteiger partial charge is 0.496 e. The molecule has 1 aliphatic rings. The zero-order valence-corrected chi connectivity index (χ0v) is 9.09. The van der Waals surface area contributed by atoms with Gasteiger partial charge in [-0.15, -0.1) is 0 Å². The highest BCUT2D eigenvalue weighted by molar-refractivity contribution is 5.52. The van der Waals surface area contributed by atoms with Gasteiger partial charge in [0.15, 0.2) is 17.3 Å². The van der Waals surface area contributed by atoms with Crippen LogP contribution in [0.25, 0.3) is 0 Å². The first-order chi connectivity index (χ1) is 7.77. The second-order valence-electron chi connectivity index (χ2n) is 3.43. The standard InChI is InChI=1S/C11H14FNO3/c1-14-8-6-9-11(16-5-4-15-9)10(12)7(8)2-3-13/h6H,2-5,13H2,1H3. The van der Waals surface area contributed by atoms with Crippen LogP contribution in [0.15, 0.2) is 6.07 Å². The van der Waals surface area contributed by atoms with Crippen molar-refractivity contribution in [2.75, 3.05) is 26.9 Å². The maximum atomic E-state index is 14.0. The summed E-state index contributed by atoms with van der Waals surface area (Å²) in [4.78, 5) is 0. The molecule has 4 nitrogen and oxygen atoms in total. The number of nitrogens with two attached hydrogens (primary N) is 1. The van der Waals surface area contributed by atoms with E-state index in [0.717, 1.165) is 0 Å². The third-order valence-corrected chi connectivity index (χ3v) is 2.45. The zero-order chi connectivity index (χ0) is 11.5. The maximum absolute atomic E-state index is 14.0. The summed E-state index contributed by atoms with van der Waals surface area (Å²) >= 11 is 0. The van der Waals surface area contributed by atoms with Crippen molar-refractivity contribution in [2.24, 2.45) is 5.73 Å². The molecule has 88 valence electrons. The average Bonchev–Trinajstić information content (AvgIpc) is 2.33. The van der Waals surface area contributed by atoms with Gasteiger partial charge in [0, 0.05) is 11.6 Å². The Kier molecular flexibility index (Phi) is 3.14. The van der Waals surface area contributed by atoms with Crippen molar-refractivity contribution < 1.29 is 18.6 Å². The second-order valence-corrected chi connectivity index (χ2v) is 3.43. The molecule has 0 radical (unpaired) electrons. The SMILES string of the molecule is COc1cc2c(c(F)c1CCN)OCCO2. The smallest absolute Gasteiger partial charge is 0.197 e. The fourth-order valence-corrected chi connectivity index (χ4v) is 1.72. The molecule has 0 unspecified atom stereocenters. The van der Waals surface area contributed by atoms with Gasteiger partial charge in [0.05, 0.1) is 7.11 Å². The van der Waals surface area contributed by atoms with E-state index >= 15 is 0 Å². The lowest BCUT2D eigenvalue weighted by molar-refractivity contribution is 0.163. The molecule has 0 saturated carbocycles. The van der Waals surface area contributed by atoms with Crippen LogP contribution < -0.4 is 19.9 Å². The molecule has 2 rings (SSSR count). The van der Waals surface area contributed by atoms with Crippen LogP contribution in [0.4, 0.5) is 4.39 Å². The molecule has 1 heterocycles. The first-order valence-corrected chi connectivity index (χ1v) is 5.13. The third-order valence-electron chi connectivity index (χ3n) is 2.45. The highest BCUT2D eigenvalue weighted by Crippen LogP contribution is 2.40. The summed E-state index contributed by atoms with van der Waals surface area (Å²) in [5.74, 6) is 0.573. The molecule has 1 aromatic carbocycles. The Labute approximate surface area is 93.1 Å². The summed E-state index contributed by atoms with van der Waals surface area (Å²) in [5.41, 5.74) is 5.87. The molecule has 16 heavy (non-hydrogen) atoms. The molecule has 0 bridgehead atoms. The lowest BCUT2D eigenvalue weighted by atomic mass is 10.1. The van der Waals surface area contributed by atoms with Gasteiger partial charge in [-0.1, -0.05) is 0 Å². The highest BCUT2D eigenvalue weighted by atomic mass is 19.1. The van der Waals surface area contributed by atoms with Crippen molar-refractivity contribution in [1.82, 2.24) is 0 Å². The minimum Gasteiger partial charge on any atom is -0.496 e. The Morgan fingerprint density at radius 3 is 2.88 bits per heavy atom. The summed E-state index contributed by atoms with van der Waals surface area (Å²) in [6, 6.07) is 1.64. The number of halogens is 1. The molecule has 1 aliphatic heterocycles. The van der Waals surface area contributed by atoms with Gasteiger partial charge in [-0.2, -0.15) is 0 Å². The predicted molar refractivity (Wildman–Crippen MR) is 56.7 cm³/mol. The quantitative estimate of drug-likeness (QED) is 0.840. The van der Waals surface area contributed by atoms with Crippen molar-refractivity contribution in [2.45, 2.75) is 6.42 Å². The van der Waals surface area contributed by atoms with Crippen LogP contribution in [0.2, 0.25) is 0 Å². The Hall–Kier alpha value is -1.49. The van der Waals surface area contributed by atoms with Crippen molar-refractivity contribution >= 4 is 0 Å². The molecule has 2 N–H and O–H groups in total. The highest BCUT2D eigenvalue weighted by Gasteiger charge is 2.23. The van der Waals surface area contributed by atoms with Gasteiger partial charge in [-0.3, -0.25) is 0 Å². The zero-order valence-electron chi connectivity index (χ0n) is 9.09. The Bertz CT molecular complexity index is 395. The van der Waals surface area contributed by atoms with Gasteiger partial charge in [0.2, 0.25) is 0 Å². The number of fused-ring (bicyclic) bond motifs is 1. The van der Waals surface area contributed by atoms with E-state index in [1.54, 1.807) is 6.07 Å². The van der Waals surface area contributed by atoms with E-state index in [9.17, 15) is 4.39 Å². The molecule has 0 saturated heterocycles. The maximum Gasteiger partial charge on any atom is 0.197 e. The molecule has 1 aromatic rings. The summed E-state index contributed by atoms with van der Waals surface area (Å²) in [6.07, 6.45) is 0.408. The lowest BCUT2D eigenvalue weighted by Crippen LogP contribution is -2.18. The molecule has 0 aromatic heterocycles. The number of rotatable bonds is 3. The summed E-state index contributed by atoms with van der Waals surface area (Å²) in [5, 5.41) is 0. The molecule has 0 spiro atoms. The van der Waals surface area contributed by atoms with Gasteiger partial charge >= 0.3 is 0 Å². The molecule has 0 aliphatic carbocycles. The second kappa shape index (κ2) is 4.57. The van der Waals surface area contributed by atoms with Crippen LogP contribution in [0.1, 0.15) is 5.56 Å². The van der Waals surface area contributed by atoms with Gasteiger partial charge in [-0.05, 0) is 13.0 Å². The first kappa shape index (κ1) is 11.0. The van der Waals surface area contributed by atoms with Crippen molar-refractivity contribution in [3.05, 3.63) is 17.4 Å². The molecular formula is C11H14FNO3. The predicted octanol–water partition coefficient (Wildman–Crippen LogP) is 1.11. The Morgan fingerprint density at radius 1 is 1.44 bits per heavy atom. The summed E-state index contributed by atoms with van der Waals surface area (Å²) in [6.45, 7) is 1.14. The van der Waals surface area contributed by atoms with E-state index in [1.807, 2.05) is 0 Å². The fourth-order valence-electron chi connectivity index (χ4n) is 1.72. The van der Waals surface area contributed by atoms with Gasteiger partial charge in [-0.25, -0.2) is 4.39 Å². The van der Waals surface area contributed by atoms with Crippen molar-refractivity contribution in [3.8, 4) is 17.2 Å². The molecule has 5 heteroatoms. The number of methoxy groups -OCH3 is 1. The summed E-state index contributed by atoms with van der Waals surface area (Å²) < 4.78 is 29.7. The van der Waals surface area contributed by atoms with E-state index in [0.29, 0.717) is 43.2 Å². The fraction of sp³-hybridized carbons (Fsp3) is 0.455. The summed E-state index contributed by atoms with van der Waals surface area (Å²) in [7, 11) is 1.49. The lowest BCUT2D eigenvalue weighted by Gasteiger charge is -2.21. The first-order valence-electron chi connectivity index (χ1n) is 5.13. The normalized spacial score (nSPS) is 13.7. The van der Waals surface area contributed by atoms with Gasteiger partial charge in [0.25, 0.3) is 0 Å². The van der Waals surface area contributed by atoms with E-state index < -0.39 is 5.82 Å². The number of hydrogen-bond donors (Lipinski definition) is 1. The van der Waals surface area contributed by atoms with Crippen molar-refractivity contribution in [1.29, 1.82) is 0 Å². The third kappa shape index (κ3) is 1.78. The van der Waals surface area contributed by atoms with Crippen LogP contribution in [0.3, 0.4) is 0 Å². The minimum atomic E-state index is -0.431. The van der Waals surface area contributed by atoms with E-state index in [4.69, 9.17) is 19.9 Å². The Balaban J connectivity index is 2.50.